The lowest BCUT2D eigenvalue weighted by Crippen LogP contribution is -2.13. The molecule has 0 spiro atoms. The third-order valence-electron chi connectivity index (χ3n) is 1.24. The van der Waals surface area contributed by atoms with Crippen LogP contribution in [0.15, 0.2) is 0 Å². The zero-order chi connectivity index (χ0) is 12.4. The second-order valence-corrected chi connectivity index (χ2v) is 4.53. The van der Waals surface area contributed by atoms with E-state index in [4.69, 9.17) is 4.18 Å². The van der Waals surface area contributed by atoms with Gasteiger partial charge in [-0.15, -0.1) is 0 Å². The number of carbonyl (C=O) groups is 3. The van der Waals surface area contributed by atoms with Crippen LogP contribution >= 0.6 is 23.8 Å². The van der Waals surface area contributed by atoms with Crippen LogP contribution in [0.2, 0.25) is 0 Å². The minimum absolute atomic E-state index is 0.0300. The molecule has 0 unspecified atom stereocenters. The van der Waals surface area contributed by atoms with Crippen molar-refractivity contribution in [3.05, 3.63) is 0 Å². The summed E-state index contributed by atoms with van der Waals surface area (Å²) < 4.78 is 9.10. The number of thioether (sulfide) groups is 1. The summed E-state index contributed by atoms with van der Waals surface area (Å²) in [6.07, 6.45) is -0.284. The van der Waals surface area contributed by atoms with Gasteiger partial charge in [0.2, 0.25) is 0 Å². The second-order valence-electron chi connectivity index (χ2n) is 2.55. The highest BCUT2D eigenvalue weighted by Gasteiger charge is 2.13. The van der Waals surface area contributed by atoms with Gasteiger partial charge in [-0.3, -0.25) is 14.4 Å². The molecule has 0 rings (SSSR count). The lowest BCUT2D eigenvalue weighted by atomic mass is 10.3. The van der Waals surface area contributed by atoms with Crippen molar-refractivity contribution in [1.82, 2.24) is 0 Å². The van der Waals surface area contributed by atoms with E-state index in [-0.39, 0.29) is 29.0 Å². The lowest BCUT2D eigenvalue weighted by Gasteiger charge is -2.00. The number of hydrogen-bond acceptors (Lipinski definition) is 7. The summed E-state index contributed by atoms with van der Waals surface area (Å²) >= 11 is 1.53. The van der Waals surface area contributed by atoms with Crippen LogP contribution in [0.1, 0.15) is 20.3 Å². The molecule has 92 valence electrons. The summed E-state index contributed by atoms with van der Waals surface area (Å²) in [5.74, 6) is -0.913. The summed E-state index contributed by atoms with van der Waals surface area (Å²) in [5, 5.41) is 0. The number of hydrogen-bond donors (Lipinski definition) is 0. The zero-order valence-electron chi connectivity index (χ0n) is 9.19. The first-order valence-electron chi connectivity index (χ1n) is 4.73. The van der Waals surface area contributed by atoms with Crippen molar-refractivity contribution in [2.45, 2.75) is 20.3 Å². The fourth-order valence-electron chi connectivity index (χ4n) is 0.695. The number of Topliss-reactive ketones (excluding diaryl/α,β-unsaturated/α-hetero) is 1. The molecule has 16 heavy (non-hydrogen) atoms. The number of carbonyl (C=O) groups excluding carboxylic acids is 3. The van der Waals surface area contributed by atoms with E-state index >= 15 is 0 Å². The van der Waals surface area contributed by atoms with E-state index in [1.165, 1.54) is 0 Å². The first kappa shape index (κ1) is 15.5. The molecule has 0 saturated carbocycles. The molecule has 0 saturated heterocycles. The van der Waals surface area contributed by atoms with Crippen LogP contribution in [0.3, 0.4) is 0 Å². The number of rotatable bonds is 7. The van der Waals surface area contributed by atoms with E-state index in [0.717, 1.165) is 11.8 Å². The third-order valence-corrected chi connectivity index (χ3v) is 2.99. The maximum atomic E-state index is 11.2. The highest BCUT2D eigenvalue weighted by molar-refractivity contribution is 8.37. The van der Waals surface area contributed by atoms with E-state index in [9.17, 15) is 14.4 Å². The second kappa shape index (κ2) is 9.68. The minimum atomic E-state index is -0.557. The predicted octanol–water partition coefficient (Wildman–Crippen LogP) is 2.05. The molecular formula is C9H14O5S2. The Morgan fingerprint density at radius 3 is 2.38 bits per heavy atom. The van der Waals surface area contributed by atoms with Gasteiger partial charge < -0.3 is 8.92 Å². The van der Waals surface area contributed by atoms with E-state index in [2.05, 4.69) is 4.74 Å². The van der Waals surface area contributed by atoms with Crippen molar-refractivity contribution in [3.8, 4) is 0 Å². The Labute approximate surface area is 103 Å². The maximum absolute atomic E-state index is 11.2. The number of esters is 1. The van der Waals surface area contributed by atoms with Gasteiger partial charge >= 0.3 is 5.97 Å². The Morgan fingerprint density at radius 2 is 1.81 bits per heavy atom. The molecule has 0 aromatic rings. The fraction of sp³-hybridized carbons (Fsp3) is 0.667. The highest BCUT2D eigenvalue weighted by Crippen LogP contribution is 2.17. The van der Waals surface area contributed by atoms with Crippen molar-refractivity contribution in [3.63, 3.8) is 0 Å². The van der Waals surface area contributed by atoms with Gasteiger partial charge in [0.15, 0.2) is 5.78 Å². The smallest absolute Gasteiger partial charge is 0.313 e. The normalized spacial score (nSPS) is 9.88. The Kier molecular flexibility index (Phi) is 9.36. The summed E-state index contributed by atoms with van der Waals surface area (Å²) in [7, 11) is 0. The maximum Gasteiger partial charge on any atom is 0.313 e. The number of ether oxygens (including phenoxy) is 1. The Morgan fingerprint density at radius 1 is 1.12 bits per heavy atom. The summed E-state index contributed by atoms with van der Waals surface area (Å²) in [4.78, 5) is 33.1. The van der Waals surface area contributed by atoms with Crippen LogP contribution in [-0.4, -0.2) is 35.2 Å². The SMILES string of the molecule is CCOSC(=O)SCC(=O)CC(=O)OCC. The van der Waals surface area contributed by atoms with E-state index in [1.54, 1.807) is 13.8 Å². The average molecular weight is 266 g/mol. The summed E-state index contributed by atoms with van der Waals surface area (Å²) in [6, 6.07) is 0. The molecule has 0 aliphatic carbocycles. The van der Waals surface area contributed by atoms with Crippen LogP contribution in [0.25, 0.3) is 0 Å². The molecule has 7 heteroatoms. The minimum Gasteiger partial charge on any atom is -0.466 e. The Bertz CT molecular complexity index is 254. The summed E-state index contributed by atoms with van der Waals surface area (Å²) in [6.45, 7) is 4.10. The fourth-order valence-corrected chi connectivity index (χ4v) is 1.80. The Hall–Kier alpha value is -0.530. The van der Waals surface area contributed by atoms with Crippen LogP contribution in [0.5, 0.6) is 0 Å². The van der Waals surface area contributed by atoms with E-state index in [1.807, 2.05) is 0 Å². The van der Waals surface area contributed by atoms with E-state index < -0.39 is 5.97 Å². The molecule has 0 heterocycles. The third kappa shape index (κ3) is 8.75. The highest BCUT2D eigenvalue weighted by atomic mass is 32.2. The molecule has 0 amide bonds. The van der Waals surface area contributed by atoms with Gasteiger partial charge in [-0.25, -0.2) is 0 Å². The molecule has 0 aliphatic heterocycles. The van der Waals surface area contributed by atoms with Crippen LogP contribution < -0.4 is 0 Å². The molecular weight excluding hydrogens is 252 g/mol. The largest absolute Gasteiger partial charge is 0.466 e. The van der Waals surface area contributed by atoms with Gasteiger partial charge in [-0.2, -0.15) is 0 Å². The van der Waals surface area contributed by atoms with Crippen LogP contribution in [0.4, 0.5) is 4.79 Å². The van der Waals surface area contributed by atoms with E-state index in [0.29, 0.717) is 18.6 Å². The number of ketones is 1. The van der Waals surface area contributed by atoms with Gasteiger partial charge in [0.25, 0.3) is 4.45 Å². The van der Waals surface area contributed by atoms with Gasteiger partial charge in [0.05, 0.1) is 31.0 Å². The first-order valence-corrected chi connectivity index (χ1v) is 6.46. The first-order chi connectivity index (χ1) is 7.60. The topological polar surface area (TPSA) is 69.7 Å². The quantitative estimate of drug-likeness (QED) is 0.397. The van der Waals surface area contributed by atoms with Crippen molar-refractivity contribution in [2.75, 3.05) is 19.0 Å². The van der Waals surface area contributed by atoms with Gasteiger partial charge in [0, 0.05) is 0 Å². The molecule has 5 nitrogen and oxygen atoms in total. The van der Waals surface area contributed by atoms with Crippen LogP contribution in [0, 0.1) is 0 Å². The molecule has 0 fully saturated rings. The average Bonchev–Trinajstić information content (AvgIpc) is 2.23. The van der Waals surface area contributed by atoms with Crippen molar-refractivity contribution >= 4 is 40.0 Å². The van der Waals surface area contributed by atoms with Gasteiger partial charge in [0.1, 0.15) is 6.42 Å². The van der Waals surface area contributed by atoms with Crippen molar-refractivity contribution < 1.29 is 23.3 Å². The van der Waals surface area contributed by atoms with Gasteiger partial charge in [-0.1, -0.05) is 11.8 Å². The molecule has 0 aromatic carbocycles. The predicted molar refractivity (Wildman–Crippen MR) is 63.3 cm³/mol. The monoisotopic (exact) mass is 266 g/mol. The Balaban J connectivity index is 3.64. The van der Waals surface area contributed by atoms with Crippen molar-refractivity contribution in [1.29, 1.82) is 0 Å². The molecule has 0 bridgehead atoms. The van der Waals surface area contributed by atoms with Gasteiger partial charge in [-0.05, 0) is 13.8 Å². The zero-order valence-corrected chi connectivity index (χ0v) is 10.8. The molecule has 0 aromatic heterocycles. The van der Waals surface area contributed by atoms with Crippen LogP contribution in [-0.2, 0) is 18.5 Å². The summed E-state index contributed by atoms with van der Waals surface area (Å²) in [5.41, 5.74) is 0. The standard InChI is InChI=1S/C9H14O5S2/c1-3-13-8(11)5-7(10)6-15-9(12)16-14-4-2/h3-6H2,1-2H3. The molecule has 0 radical (unpaired) electrons. The van der Waals surface area contributed by atoms with Crippen molar-refractivity contribution in [2.24, 2.45) is 0 Å². The molecule has 0 aliphatic rings. The molecule has 0 N–H and O–H groups in total. The molecule has 0 atom stereocenters. The lowest BCUT2D eigenvalue weighted by molar-refractivity contribution is -0.145.